The Hall–Kier alpha value is -1.67. The average Bonchev–Trinajstić information content (AvgIpc) is 2.46. The van der Waals surface area contributed by atoms with Gasteiger partial charge in [-0.15, -0.1) is 0 Å². The van der Waals surface area contributed by atoms with Gasteiger partial charge in [0.05, 0.1) is 6.26 Å². The van der Waals surface area contributed by atoms with Crippen LogP contribution in [0.2, 0.25) is 0 Å². The fraction of sp³-hybridized carbons (Fsp3) is 0.538. The molecule has 0 aliphatic carbocycles. The Morgan fingerprint density at radius 1 is 1.52 bits per heavy atom. The molecule has 1 aliphatic rings. The van der Waals surface area contributed by atoms with Gasteiger partial charge >= 0.3 is 6.03 Å². The molecule has 7 nitrogen and oxygen atoms in total. The summed E-state index contributed by atoms with van der Waals surface area (Å²) in [5.41, 5.74) is 0.911. The molecule has 1 unspecified atom stereocenters. The number of sulfonamides is 1. The van der Waals surface area contributed by atoms with Crippen molar-refractivity contribution in [2.24, 2.45) is 0 Å². The van der Waals surface area contributed by atoms with Gasteiger partial charge in [0.2, 0.25) is 10.0 Å². The fourth-order valence-corrected chi connectivity index (χ4v) is 3.19. The van der Waals surface area contributed by atoms with Crippen LogP contribution in [-0.4, -0.2) is 49.1 Å². The summed E-state index contributed by atoms with van der Waals surface area (Å²) in [6, 6.07) is 3.24. The third kappa shape index (κ3) is 4.98. The van der Waals surface area contributed by atoms with Crippen LogP contribution in [0.15, 0.2) is 24.5 Å². The quantitative estimate of drug-likeness (QED) is 0.837. The Morgan fingerprint density at radius 3 is 3.00 bits per heavy atom. The summed E-state index contributed by atoms with van der Waals surface area (Å²) in [5.74, 6) is 0. The lowest BCUT2D eigenvalue weighted by atomic mass is 10.1. The normalized spacial score (nSPS) is 20.0. The van der Waals surface area contributed by atoms with E-state index in [1.807, 2.05) is 6.07 Å². The van der Waals surface area contributed by atoms with Gasteiger partial charge in [-0.25, -0.2) is 17.5 Å². The second kappa shape index (κ2) is 6.86. The van der Waals surface area contributed by atoms with Gasteiger partial charge in [-0.2, -0.15) is 0 Å². The summed E-state index contributed by atoms with van der Waals surface area (Å²) >= 11 is 0. The summed E-state index contributed by atoms with van der Waals surface area (Å²) in [6.07, 6.45) is 6.09. The van der Waals surface area contributed by atoms with Crippen molar-refractivity contribution in [3.8, 4) is 0 Å². The third-order valence-corrected chi connectivity index (χ3v) is 4.63. The van der Waals surface area contributed by atoms with E-state index in [4.69, 9.17) is 0 Å². The minimum Gasteiger partial charge on any atom is -0.334 e. The van der Waals surface area contributed by atoms with Gasteiger partial charge in [-0.3, -0.25) is 4.98 Å². The van der Waals surface area contributed by atoms with E-state index in [0.29, 0.717) is 19.6 Å². The highest BCUT2D eigenvalue weighted by atomic mass is 32.2. The molecule has 2 heterocycles. The highest BCUT2D eigenvalue weighted by Crippen LogP contribution is 2.12. The lowest BCUT2D eigenvalue weighted by molar-refractivity contribution is 0.225. The molecular formula is C13H20N4O3S. The zero-order chi connectivity index (χ0) is 15.3. The molecule has 1 fully saturated rings. The summed E-state index contributed by atoms with van der Waals surface area (Å²) < 4.78 is 24.4. The molecule has 0 radical (unpaired) electrons. The van der Waals surface area contributed by atoms with Crippen LogP contribution in [0.5, 0.6) is 0 Å². The number of amides is 2. The molecule has 116 valence electrons. The molecular weight excluding hydrogens is 292 g/mol. The van der Waals surface area contributed by atoms with Crippen LogP contribution in [0.3, 0.4) is 0 Å². The van der Waals surface area contributed by atoms with E-state index in [9.17, 15) is 13.2 Å². The predicted molar refractivity (Wildman–Crippen MR) is 79.0 cm³/mol. The number of urea groups is 1. The molecule has 1 atom stereocenters. The van der Waals surface area contributed by atoms with Crippen LogP contribution in [0.1, 0.15) is 18.4 Å². The van der Waals surface area contributed by atoms with Gasteiger partial charge in [-0.1, -0.05) is 6.07 Å². The molecule has 0 bridgehead atoms. The number of aromatic nitrogens is 1. The first-order valence-electron chi connectivity index (χ1n) is 6.83. The Kier molecular flexibility index (Phi) is 5.13. The third-order valence-electron chi connectivity index (χ3n) is 3.36. The van der Waals surface area contributed by atoms with Crippen LogP contribution in [0.4, 0.5) is 4.79 Å². The molecule has 21 heavy (non-hydrogen) atoms. The van der Waals surface area contributed by atoms with E-state index >= 15 is 0 Å². The number of pyridine rings is 1. The molecule has 0 spiro atoms. The SMILES string of the molecule is CS(=O)(=O)N1CCCC(NC(=O)NCc2cccnc2)C1. The van der Waals surface area contributed by atoms with E-state index in [0.717, 1.165) is 18.4 Å². The van der Waals surface area contributed by atoms with Crippen LogP contribution in [0.25, 0.3) is 0 Å². The largest absolute Gasteiger partial charge is 0.334 e. The maximum absolute atomic E-state index is 11.8. The number of carbonyl (C=O) groups excluding carboxylic acids is 1. The molecule has 8 heteroatoms. The zero-order valence-electron chi connectivity index (χ0n) is 11.9. The monoisotopic (exact) mass is 312 g/mol. The Morgan fingerprint density at radius 2 is 2.33 bits per heavy atom. The second-order valence-corrected chi connectivity index (χ2v) is 7.13. The molecule has 0 aromatic carbocycles. The van der Waals surface area contributed by atoms with Crippen molar-refractivity contribution in [3.05, 3.63) is 30.1 Å². The molecule has 1 aromatic heterocycles. The van der Waals surface area contributed by atoms with Gasteiger partial charge in [0.15, 0.2) is 0 Å². The van der Waals surface area contributed by atoms with E-state index in [1.165, 1.54) is 10.6 Å². The highest BCUT2D eigenvalue weighted by Gasteiger charge is 2.26. The predicted octanol–water partition coefficient (Wildman–Crippen LogP) is 0.305. The smallest absolute Gasteiger partial charge is 0.315 e. The van der Waals surface area contributed by atoms with Crippen LogP contribution >= 0.6 is 0 Å². The topological polar surface area (TPSA) is 91.4 Å². The van der Waals surface area contributed by atoms with E-state index < -0.39 is 10.0 Å². The standard InChI is InChI=1S/C13H20N4O3S/c1-21(19,20)17-7-3-5-12(10-17)16-13(18)15-9-11-4-2-6-14-8-11/h2,4,6,8,12H,3,5,7,9-10H2,1H3,(H2,15,16,18). The highest BCUT2D eigenvalue weighted by molar-refractivity contribution is 7.88. The first-order chi connectivity index (χ1) is 9.95. The van der Waals surface area contributed by atoms with Gasteiger partial charge in [-0.05, 0) is 24.5 Å². The zero-order valence-corrected chi connectivity index (χ0v) is 12.8. The number of carbonyl (C=O) groups is 1. The van der Waals surface area contributed by atoms with Crippen molar-refractivity contribution in [3.63, 3.8) is 0 Å². The number of piperidine rings is 1. The number of nitrogens with one attached hydrogen (secondary N) is 2. The fourth-order valence-electron chi connectivity index (χ4n) is 2.28. The number of rotatable bonds is 4. The van der Waals surface area contributed by atoms with Crippen LogP contribution < -0.4 is 10.6 Å². The van der Waals surface area contributed by atoms with Crippen LogP contribution in [-0.2, 0) is 16.6 Å². The number of nitrogens with zero attached hydrogens (tertiary/aromatic N) is 2. The van der Waals surface area contributed by atoms with Crippen molar-refractivity contribution in [2.45, 2.75) is 25.4 Å². The molecule has 2 N–H and O–H groups in total. The molecule has 2 amide bonds. The summed E-state index contributed by atoms with van der Waals surface area (Å²) in [5, 5.41) is 5.56. The summed E-state index contributed by atoms with van der Waals surface area (Å²) in [7, 11) is -3.20. The Balaban J connectivity index is 1.80. The lowest BCUT2D eigenvalue weighted by Gasteiger charge is -2.31. The van der Waals surface area contributed by atoms with Gasteiger partial charge in [0.25, 0.3) is 0 Å². The molecule has 0 saturated carbocycles. The minimum atomic E-state index is -3.20. The van der Waals surface area contributed by atoms with Gasteiger partial charge in [0, 0.05) is 38.1 Å². The van der Waals surface area contributed by atoms with E-state index in [-0.39, 0.29) is 12.1 Å². The van der Waals surface area contributed by atoms with Crippen LogP contribution in [0, 0.1) is 0 Å². The second-order valence-electron chi connectivity index (χ2n) is 5.15. The maximum Gasteiger partial charge on any atom is 0.315 e. The molecule has 1 saturated heterocycles. The first kappa shape index (κ1) is 15.7. The van der Waals surface area contributed by atoms with Crippen molar-refractivity contribution in [1.29, 1.82) is 0 Å². The van der Waals surface area contributed by atoms with Crippen molar-refractivity contribution >= 4 is 16.1 Å². The van der Waals surface area contributed by atoms with Crippen molar-refractivity contribution in [1.82, 2.24) is 19.9 Å². The van der Waals surface area contributed by atoms with Gasteiger partial charge in [0.1, 0.15) is 0 Å². The maximum atomic E-state index is 11.8. The first-order valence-corrected chi connectivity index (χ1v) is 8.68. The summed E-state index contributed by atoms with van der Waals surface area (Å²) in [4.78, 5) is 15.8. The van der Waals surface area contributed by atoms with E-state index in [1.54, 1.807) is 18.5 Å². The lowest BCUT2D eigenvalue weighted by Crippen LogP contribution is -2.51. The molecule has 1 aromatic rings. The van der Waals surface area contributed by atoms with Crippen molar-refractivity contribution in [2.75, 3.05) is 19.3 Å². The minimum absolute atomic E-state index is 0.151. The molecule has 2 rings (SSSR count). The summed E-state index contributed by atoms with van der Waals surface area (Å²) in [6.45, 7) is 1.25. The average molecular weight is 312 g/mol. The van der Waals surface area contributed by atoms with Crippen molar-refractivity contribution < 1.29 is 13.2 Å². The van der Waals surface area contributed by atoms with E-state index in [2.05, 4.69) is 15.6 Å². The number of hydrogen-bond acceptors (Lipinski definition) is 4. The number of hydrogen-bond donors (Lipinski definition) is 2. The Bertz CT molecular complexity index is 576. The Labute approximate surface area is 124 Å². The molecule has 1 aliphatic heterocycles. The van der Waals surface area contributed by atoms with Gasteiger partial charge < -0.3 is 10.6 Å².